The van der Waals surface area contributed by atoms with Crippen LogP contribution in [0.4, 0.5) is 0 Å². The highest BCUT2D eigenvalue weighted by atomic mass is 16.8. The van der Waals surface area contributed by atoms with E-state index >= 15 is 0 Å². The van der Waals surface area contributed by atoms with Crippen molar-refractivity contribution in [3.05, 3.63) is 0 Å². The van der Waals surface area contributed by atoms with Crippen LogP contribution in [-0.4, -0.2) is 128 Å². The van der Waals surface area contributed by atoms with E-state index in [0.29, 0.717) is 12.8 Å². The van der Waals surface area contributed by atoms with Crippen LogP contribution in [0.2, 0.25) is 0 Å². The third-order valence-corrected chi connectivity index (χ3v) is 15.4. The topological polar surface area (TPSA) is 216 Å². The molecule has 13 heteroatoms. The van der Waals surface area contributed by atoms with Crippen LogP contribution in [0.15, 0.2) is 0 Å². The summed E-state index contributed by atoms with van der Waals surface area (Å²) >= 11 is 0. The second kappa shape index (κ2) is 37.7. The summed E-state index contributed by atoms with van der Waals surface area (Å²) in [7, 11) is 0. The van der Waals surface area contributed by atoms with Gasteiger partial charge >= 0.3 is 5.97 Å². The van der Waals surface area contributed by atoms with E-state index in [2.05, 4.69) is 13.8 Å². The number of carbonyl (C=O) groups excluding carboxylic acids is 1. The molecule has 0 spiro atoms. The fourth-order valence-corrected chi connectivity index (χ4v) is 10.5. The number of carbonyl (C=O) groups is 1. The monoisotopic (exact) mass is 973 g/mol. The second-order valence-corrected chi connectivity index (χ2v) is 21.3. The lowest BCUT2D eigenvalue weighted by Crippen LogP contribution is -2.63. The second-order valence-electron chi connectivity index (χ2n) is 21.3. The molecule has 13 nitrogen and oxygen atoms in total. The van der Waals surface area contributed by atoms with E-state index in [9.17, 15) is 45.6 Å². The Kier molecular flexibility index (Phi) is 34.0. The SMILES string of the molecule is CCCCCCCCCCCCCC[C@H](C(=O)OC[C@H]1O[C@H](O[C@H]2O[C@H](CO)[C@@H](O)[C@H](O)[C@H]2O)[C@H](O)[C@@H](O)[C@@H]1O)[C@@H](O)CCCCCCCCCCCCCCCCC[C@@H]1C[C@H]1CCCCCC. The lowest BCUT2D eigenvalue weighted by molar-refractivity contribution is -0.376. The van der Waals surface area contributed by atoms with Crippen LogP contribution in [0.5, 0.6) is 0 Å². The molecule has 3 aliphatic rings. The zero-order chi connectivity index (χ0) is 49.4. The summed E-state index contributed by atoms with van der Waals surface area (Å²) in [5, 5.41) is 83.7. The average Bonchev–Trinajstić information content (AvgIpc) is 4.10. The summed E-state index contributed by atoms with van der Waals surface area (Å²) in [6.07, 6.45) is 26.7. The van der Waals surface area contributed by atoms with E-state index in [1.54, 1.807) is 0 Å². The van der Waals surface area contributed by atoms with Crippen molar-refractivity contribution in [2.24, 2.45) is 17.8 Å². The van der Waals surface area contributed by atoms with Gasteiger partial charge in [0.05, 0.1) is 18.6 Å². The zero-order valence-corrected chi connectivity index (χ0v) is 43.1. The van der Waals surface area contributed by atoms with E-state index < -0.39 is 92.6 Å². The van der Waals surface area contributed by atoms with Crippen molar-refractivity contribution in [2.75, 3.05) is 13.2 Å². The fourth-order valence-electron chi connectivity index (χ4n) is 10.5. The van der Waals surface area contributed by atoms with Crippen molar-refractivity contribution in [1.82, 2.24) is 0 Å². The molecule has 0 radical (unpaired) electrons. The van der Waals surface area contributed by atoms with Gasteiger partial charge < -0.3 is 59.8 Å². The van der Waals surface area contributed by atoms with Gasteiger partial charge in [-0.2, -0.15) is 0 Å². The van der Waals surface area contributed by atoms with Crippen LogP contribution in [-0.2, 0) is 23.7 Å². The Bertz CT molecular complexity index is 1210. The van der Waals surface area contributed by atoms with Crippen LogP contribution in [0.25, 0.3) is 0 Å². The van der Waals surface area contributed by atoms with Crippen LogP contribution in [0, 0.1) is 17.8 Å². The molecule has 8 N–H and O–H groups in total. The highest BCUT2D eigenvalue weighted by Crippen LogP contribution is 2.46. The molecule has 0 aromatic heterocycles. The third kappa shape index (κ3) is 24.6. The minimum absolute atomic E-state index is 0.454. The number of esters is 1. The summed E-state index contributed by atoms with van der Waals surface area (Å²) < 4.78 is 22.2. The Balaban J connectivity index is 1.32. The summed E-state index contributed by atoms with van der Waals surface area (Å²) in [6, 6.07) is 0. The Labute approximate surface area is 412 Å². The quantitative estimate of drug-likeness (QED) is 0.0211. The lowest BCUT2D eigenvalue weighted by Gasteiger charge is -2.44. The number of unbranched alkanes of at least 4 members (excludes halogenated alkanes) is 28. The molecule has 14 atom stereocenters. The zero-order valence-electron chi connectivity index (χ0n) is 43.1. The third-order valence-electron chi connectivity index (χ3n) is 15.4. The van der Waals surface area contributed by atoms with E-state index in [0.717, 1.165) is 56.8 Å². The van der Waals surface area contributed by atoms with Crippen LogP contribution in [0.1, 0.15) is 245 Å². The number of rotatable bonds is 43. The molecule has 1 saturated carbocycles. The van der Waals surface area contributed by atoms with Crippen molar-refractivity contribution in [1.29, 1.82) is 0 Å². The maximum atomic E-state index is 13.6. The number of aliphatic hydroxyl groups excluding tert-OH is 8. The number of ether oxygens (including phenoxy) is 4. The number of hydrogen-bond acceptors (Lipinski definition) is 13. The molecule has 2 saturated heterocycles. The van der Waals surface area contributed by atoms with Gasteiger partial charge in [0, 0.05) is 0 Å². The molecular formula is C55H104O13. The van der Waals surface area contributed by atoms with Crippen LogP contribution in [0.3, 0.4) is 0 Å². The van der Waals surface area contributed by atoms with Gasteiger partial charge in [-0.15, -0.1) is 0 Å². The summed E-state index contributed by atoms with van der Waals surface area (Å²) in [5.74, 6) is 0.715. The minimum Gasteiger partial charge on any atom is -0.463 e. The first-order valence-electron chi connectivity index (χ1n) is 28.5. The highest BCUT2D eigenvalue weighted by molar-refractivity contribution is 5.73. The number of aliphatic hydroxyl groups is 8. The van der Waals surface area contributed by atoms with Crippen LogP contribution >= 0.6 is 0 Å². The van der Waals surface area contributed by atoms with Crippen molar-refractivity contribution < 1.29 is 64.6 Å². The van der Waals surface area contributed by atoms with Gasteiger partial charge in [0.1, 0.15) is 55.4 Å². The van der Waals surface area contributed by atoms with Gasteiger partial charge in [-0.1, -0.05) is 226 Å². The predicted octanol–water partition coefficient (Wildman–Crippen LogP) is 9.46. The Morgan fingerprint density at radius 1 is 0.471 bits per heavy atom. The average molecular weight is 973 g/mol. The van der Waals surface area contributed by atoms with E-state index in [4.69, 9.17) is 18.9 Å². The molecule has 3 rings (SSSR count). The Morgan fingerprint density at radius 3 is 1.25 bits per heavy atom. The standard InChI is InChI=1S/C55H104O13/c1-3-5-7-9-10-11-12-19-22-25-28-32-36-43(53(64)65-40-46-48(59)50(61)52(63)55(67-46)68-54-51(62)49(60)47(58)45(39-56)66-54)44(57)37-33-29-26-23-20-17-15-13-14-16-18-21-24-27-31-35-42-38-41(42)34-30-8-6-4-2/h41-52,54-63H,3-40H2,1-2H3/t41-,42-,43+,44+,45-,46-,47-,48-,49+,50+,51-,52-,54-,55-/m1/s1. The normalized spacial score (nSPS) is 29.3. The first kappa shape index (κ1) is 61.3. The molecule has 2 aliphatic heterocycles. The van der Waals surface area contributed by atoms with Gasteiger partial charge in [-0.3, -0.25) is 4.79 Å². The molecule has 402 valence electrons. The smallest absolute Gasteiger partial charge is 0.311 e. The Hall–Kier alpha value is -0.970. The molecule has 0 aromatic rings. The highest BCUT2D eigenvalue weighted by Gasteiger charge is 2.50. The van der Waals surface area contributed by atoms with Gasteiger partial charge in [0.25, 0.3) is 0 Å². The first-order valence-corrected chi connectivity index (χ1v) is 28.5. The van der Waals surface area contributed by atoms with Crippen molar-refractivity contribution in [2.45, 2.75) is 313 Å². The fraction of sp³-hybridized carbons (Fsp3) is 0.982. The maximum absolute atomic E-state index is 13.6. The van der Waals surface area contributed by atoms with Crippen molar-refractivity contribution >= 4 is 5.97 Å². The summed E-state index contributed by atoms with van der Waals surface area (Å²) in [6.45, 7) is 3.31. The summed E-state index contributed by atoms with van der Waals surface area (Å²) in [4.78, 5) is 13.6. The molecule has 0 unspecified atom stereocenters. The van der Waals surface area contributed by atoms with E-state index in [1.807, 2.05) is 0 Å². The van der Waals surface area contributed by atoms with Crippen molar-refractivity contribution in [3.8, 4) is 0 Å². The van der Waals surface area contributed by atoms with Gasteiger partial charge in [0.15, 0.2) is 12.6 Å². The Morgan fingerprint density at radius 2 is 0.824 bits per heavy atom. The first-order chi connectivity index (χ1) is 33.0. The number of hydrogen-bond donors (Lipinski definition) is 8. The molecule has 0 amide bonds. The lowest BCUT2D eigenvalue weighted by atomic mass is 9.91. The molecule has 0 bridgehead atoms. The van der Waals surface area contributed by atoms with Crippen LogP contribution < -0.4 is 0 Å². The maximum Gasteiger partial charge on any atom is 0.311 e. The van der Waals surface area contributed by atoms with E-state index in [1.165, 1.54) is 173 Å². The molecule has 0 aromatic carbocycles. The molecule has 1 aliphatic carbocycles. The van der Waals surface area contributed by atoms with Gasteiger partial charge in [-0.05, 0) is 31.1 Å². The minimum atomic E-state index is -1.82. The summed E-state index contributed by atoms with van der Waals surface area (Å²) in [5.41, 5.74) is 0. The molecule has 2 heterocycles. The van der Waals surface area contributed by atoms with Crippen molar-refractivity contribution in [3.63, 3.8) is 0 Å². The van der Waals surface area contributed by atoms with Gasteiger partial charge in [-0.25, -0.2) is 0 Å². The molecular weight excluding hydrogens is 869 g/mol. The molecule has 68 heavy (non-hydrogen) atoms. The molecule has 3 fully saturated rings. The largest absolute Gasteiger partial charge is 0.463 e. The van der Waals surface area contributed by atoms with Gasteiger partial charge in [0.2, 0.25) is 0 Å². The predicted molar refractivity (Wildman–Crippen MR) is 267 cm³/mol. The van der Waals surface area contributed by atoms with E-state index in [-0.39, 0.29) is 0 Å².